The zero-order chi connectivity index (χ0) is 37.3. The van der Waals surface area contributed by atoms with Gasteiger partial charge in [-0.1, -0.05) is 72.0 Å². The third kappa shape index (κ3) is 6.06. The Bertz CT molecular complexity index is 1550. The van der Waals surface area contributed by atoms with Gasteiger partial charge >= 0.3 is 5.97 Å². The minimum Gasteiger partial charge on any atom is -0.478 e. The van der Waals surface area contributed by atoms with Crippen molar-refractivity contribution in [2.75, 3.05) is 32.4 Å². The third-order valence-corrected chi connectivity index (χ3v) is 19.5. The van der Waals surface area contributed by atoms with Gasteiger partial charge < -0.3 is 15.7 Å². The lowest BCUT2D eigenvalue weighted by molar-refractivity contribution is -0.221. The third-order valence-electron chi connectivity index (χ3n) is 17.6. The van der Waals surface area contributed by atoms with Gasteiger partial charge in [0.1, 0.15) is 0 Å². The molecule has 1 aliphatic heterocycles. The first-order valence-electron chi connectivity index (χ1n) is 21.3. The Morgan fingerprint density at radius 1 is 0.942 bits per heavy atom. The molecule has 0 bridgehead atoms. The molecule has 11 atom stereocenters. The molecule has 3 N–H and O–H groups in total. The van der Waals surface area contributed by atoms with Gasteiger partial charge in [0.15, 0.2) is 0 Å². The first kappa shape index (κ1) is 38.8. The van der Waals surface area contributed by atoms with E-state index in [9.17, 15) is 9.90 Å². The second kappa shape index (κ2) is 14.2. The maximum Gasteiger partial charge on any atom is 0.335 e. The van der Waals surface area contributed by atoms with Crippen LogP contribution in [0.4, 0.5) is 0 Å². The molecule has 5 nitrogen and oxygen atoms in total. The lowest BCUT2D eigenvalue weighted by atomic mass is 9.33. The summed E-state index contributed by atoms with van der Waals surface area (Å²) < 4.78 is 2.73. The largest absolute Gasteiger partial charge is 0.478 e. The van der Waals surface area contributed by atoms with Crippen LogP contribution in [-0.2, 0) is 0 Å². The van der Waals surface area contributed by atoms with E-state index in [0.717, 1.165) is 55.6 Å². The summed E-state index contributed by atoms with van der Waals surface area (Å²) >= 11 is 0. The van der Waals surface area contributed by atoms with Crippen LogP contribution < -0.4 is 10.6 Å². The van der Waals surface area contributed by atoms with Gasteiger partial charge in [0.25, 0.3) is 0 Å². The number of hydrogen-bond donors (Lipinski definition) is 3. The van der Waals surface area contributed by atoms with E-state index in [2.05, 4.69) is 100 Å². The average molecular weight is 732 g/mol. The molecule has 290 valence electrons. The van der Waals surface area contributed by atoms with Gasteiger partial charge in [-0.3, -0.25) is 4.31 Å². The van der Waals surface area contributed by atoms with Gasteiger partial charge in [0, 0.05) is 37.8 Å². The van der Waals surface area contributed by atoms with Crippen molar-refractivity contribution in [3.8, 4) is 0 Å². The average Bonchev–Trinajstić information content (AvgIpc) is 3.73. The Morgan fingerprint density at radius 2 is 1.69 bits per heavy atom. The highest BCUT2D eigenvalue weighted by molar-refractivity contribution is 8.12. The molecule has 0 radical (unpaired) electrons. The quantitative estimate of drug-likeness (QED) is 0.165. The Hall–Kier alpha value is -1.47. The number of carboxylic acid groups (broad SMARTS) is 1. The summed E-state index contributed by atoms with van der Waals surface area (Å²) in [5.41, 5.74) is 4.37. The van der Waals surface area contributed by atoms with Gasteiger partial charge in [-0.25, -0.2) is 4.79 Å². The molecular formula is C46H73N3O2S. The van der Waals surface area contributed by atoms with Gasteiger partial charge in [0.2, 0.25) is 0 Å². The number of benzene rings is 1. The van der Waals surface area contributed by atoms with Crippen LogP contribution in [0, 0.1) is 57.2 Å². The monoisotopic (exact) mass is 732 g/mol. The van der Waals surface area contributed by atoms with E-state index >= 15 is 0 Å². The fraction of sp³-hybridized carbons (Fsp3) is 0.783. The predicted octanol–water partition coefficient (Wildman–Crippen LogP) is 10.1. The molecule has 1 aromatic carbocycles. The Kier molecular flexibility index (Phi) is 10.6. The topological polar surface area (TPSA) is 64.6 Å². The summed E-state index contributed by atoms with van der Waals surface area (Å²) in [5, 5.41) is 20.2. The lowest BCUT2D eigenvalue weighted by Gasteiger charge is -2.72. The van der Waals surface area contributed by atoms with Crippen molar-refractivity contribution in [2.45, 2.75) is 138 Å². The number of nitrogens with zero attached hydrogens (tertiary/aromatic N) is 1. The number of rotatable bonds is 10. The molecule has 1 unspecified atom stereocenters. The van der Waals surface area contributed by atoms with Gasteiger partial charge in [-0.05, 0) is 164 Å². The lowest BCUT2D eigenvalue weighted by Crippen LogP contribution is -2.68. The van der Waals surface area contributed by atoms with E-state index in [1.807, 2.05) is 0 Å². The molecule has 5 aliphatic carbocycles. The molecule has 0 spiro atoms. The molecule has 1 heterocycles. The predicted molar refractivity (Wildman–Crippen MR) is 222 cm³/mol. The number of carboxylic acids is 1. The molecule has 7 rings (SSSR count). The Morgan fingerprint density at radius 3 is 2.38 bits per heavy atom. The van der Waals surface area contributed by atoms with Crippen LogP contribution in [0.1, 0.15) is 142 Å². The van der Waals surface area contributed by atoms with E-state index in [4.69, 9.17) is 0 Å². The second-order valence-corrected chi connectivity index (χ2v) is 22.0. The highest BCUT2D eigenvalue weighted by Crippen LogP contribution is 2.76. The van der Waals surface area contributed by atoms with Gasteiger partial charge in [0.05, 0.1) is 5.56 Å². The summed E-state index contributed by atoms with van der Waals surface area (Å²) in [7, 11) is 0.291. The number of aromatic carboxylic acids is 1. The van der Waals surface area contributed by atoms with Crippen LogP contribution in [0.5, 0.6) is 0 Å². The van der Waals surface area contributed by atoms with E-state index in [-0.39, 0.29) is 10.8 Å². The zero-order valence-corrected chi connectivity index (χ0v) is 35.1. The molecule has 4 saturated carbocycles. The molecule has 1 saturated heterocycles. The summed E-state index contributed by atoms with van der Waals surface area (Å²) in [6.07, 6.45) is 19.7. The Labute approximate surface area is 320 Å². The molecule has 0 aromatic heterocycles. The van der Waals surface area contributed by atoms with E-state index in [1.165, 1.54) is 81.9 Å². The zero-order valence-electron chi connectivity index (χ0n) is 34.3. The summed E-state index contributed by atoms with van der Waals surface area (Å²) in [6, 6.07) is 8.39. The van der Waals surface area contributed by atoms with Gasteiger partial charge in [-0.15, -0.1) is 10.7 Å². The summed E-state index contributed by atoms with van der Waals surface area (Å²) in [6.45, 7) is 25.1. The van der Waals surface area contributed by atoms with E-state index < -0.39 is 5.97 Å². The fourth-order valence-electron chi connectivity index (χ4n) is 14.8. The van der Waals surface area contributed by atoms with Crippen molar-refractivity contribution in [3.05, 3.63) is 41.5 Å². The van der Waals surface area contributed by atoms with Crippen LogP contribution in [0.15, 0.2) is 30.3 Å². The number of nitrogens with one attached hydrogen (secondary N) is 2. The molecule has 6 heteroatoms. The maximum absolute atomic E-state index is 11.6. The molecular weight excluding hydrogens is 659 g/mol. The van der Waals surface area contributed by atoms with Crippen LogP contribution in [0.25, 0.3) is 5.57 Å². The van der Waals surface area contributed by atoms with Crippen molar-refractivity contribution < 1.29 is 9.90 Å². The first-order valence-corrected chi connectivity index (χ1v) is 23.0. The summed E-state index contributed by atoms with van der Waals surface area (Å²) in [4.78, 5) is 11.6. The highest BCUT2D eigenvalue weighted by Gasteiger charge is 2.70. The number of hydrogen-bond acceptors (Lipinski definition) is 4. The van der Waals surface area contributed by atoms with Crippen molar-refractivity contribution in [1.29, 1.82) is 0 Å². The normalized spacial score (nSPS) is 41.9. The van der Waals surface area contributed by atoms with Crippen LogP contribution >= 0.6 is 10.7 Å². The molecule has 52 heavy (non-hydrogen) atoms. The molecule has 1 aromatic rings. The first-order chi connectivity index (χ1) is 24.6. The minimum atomic E-state index is -0.848. The SMILES string of the molecule is C/C=S(\C)N1CCC[C@H]1CNCCN[C@]12CC[C@@H](C(C)C)[C@@H]1[C@H]1CC[C@@H]3[C@@]4(C)CC=C(c5ccc(C(=O)O)cc5)C(C)(C)[C@@H]4CC[C@@]3(C)[C@]1(C)CC2. The molecule has 6 aliphatic rings. The van der Waals surface area contributed by atoms with Crippen molar-refractivity contribution in [3.63, 3.8) is 0 Å². The number of fused-ring (bicyclic) bond motifs is 7. The van der Waals surface area contributed by atoms with Crippen molar-refractivity contribution >= 4 is 27.6 Å². The second-order valence-electron chi connectivity index (χ2n) is 20.1. The fourth-order valence-corrected chi connectivity index (χ4v) is 16.1. The van der Waals surface area contributed by atoms with Crippen LogP contribution in [-0.4, -0.2) is 64.8 Å². The number of carbonyl (C=O) groups is 1. The standard InChI is InChI=1S/C46H73N3O2S/c1-10-52(9)49-29-11-12-34(49)30-47-27-28-48-46-24-19-35(31(2)3)40(46)37-17-18-39-43(6)22-20-36(32-13-15-33(16-14-32)41(50)51)42(4,5)38(43)21-23-45(39,8)44(37,7)25-26-46/h10,13-16,20,31,34-35,37-40,47-48H,11-12,17-19,21-30H2,1-9H3,(H,50,51)/t34-,35-,37+,38-,39+,40+,43-,44+,45+,46-,52?/m0/s1. The van der Waals surface area contributed by atoms with E-state index in [1.54, 1.807) is 12.1 Å². The van der Waals surface area contributed by atoms with E-state index in [0.29, 0.717) is 44.6 Å². The van der Waals surface area contributed by atoms with Crippen molar-refractivity contribution in [1.82, 2.24) is 14.9 Å². The summed E-state index contributed by atoms with van der Waals surface area (Å²) in [5.74, 6) is 3.66. The molecule has 5 fully saturated rings. The van der Waals surface area contributed by atoms with Crippen LogP contribution in [0.3, 0.4) is 0 Å². The smallest absolute Gasteiger partial charge is 0.335 e. The number of allylic oxidation sites excluding steroid dienone is 2. The molecule has 0 amide bonds. The Balaban J connectivity index is 1.09. The van der Waals surface area contributed by atoms with Gasteiger partial charge in [-0.2, -0.15) is 0 Å². The minimum absolute atomic E-state index is 0.0494. The van der Waals surface area contributed by atoms with Crippen molar-refractivity contribution in [2.24, 2.45) is 57.2 Å². The highest BCUT2D eigenvalue weighted by atomic mass is 32.2. The maximum atomic E-state index is 11.6. The van der Waals surface area contributed by atoms with Crippen LogP contribution in [0.2, 0.25) is 0 Å².